The number of fused-ring (bicyclic) bond motifs is 2. The normalized spacial score (nSPS) is 23.3. The number of aliphatic hydroxyl groups is 2. The van der Waals surface area contributed by atoms with E-state index in [0.29, 0.717) is 27.4 Å². The summed E-state index contributed by atoms with van der Waals surface area (Å²) in [5.74, 6) is -0.326. The first kappa shape index (κ1) is 20.6. The number of carbonyl (C=O) groups excluding carboxylic acids is 1. The molecule has 4 aromatic rings. The van der Waals surface area contributed by atoms with E-state index < -0.39 is 30.4 Å². The van der Waals surface area contributed by atoms with E-state index in [-0.39, 0.29) is 12.4 Å². The monoisotopic (exact) mass is 456 g/mol. The molecule has 4 heterocycles. The molecule has 4 atom stereocenters. The third kappa shape index (κ3) is 3.17. The van der Waals surface area contributed by atoms with Crippen LogP contribution in [0.2, 0.25) is 0 Å². The van der Waals surface area contributed by atoms with Crippen LogP contribution in [-0.4, -0.2) is 69.8 Å². The van der Waals surface area contributed by atoms with Crippen LogP contribution in [0.5, 0.6) is 0 Å². The number of thioether (sulfide) groups is 1. The summed E-state index contributed by atoms with van der Waals surface area (Å²) in [5.41, 5.74) is 13.7. The Bertz CT molecular complexity index is 1340. The number of carbonyl (C=O) groups is 1. The van der Waals surface area contributed by atoms with Gasteiger partial charge in [0.15, 0.2) is 22.8 Å². The summed E-state index contributed by atoms with van der Waals surface area (Å²) in [6.07, 6.45) is 0.570. The van der Waals surface area contributed by atoms with Crippen LogP contribution in [0.3, 0.4) is 0 Å². The molecule has 3 aromatic heterocycles. The Kier molecular flexibility index (Phi) is 4.97. The Morgan fingerprint density at radius 3 is 2.81 bits per heavy atom. The summed E-state index contributed by atoms with van der Waals surface area (Å²) in [4.78, 5) is 28.3. The minimum absolute atomic E-state index is 0.211. The third-order valence-corrected chi connectivity index (χ3v) is 6.22. The fourth-order valence-electron chi connectivity index (χ4n) is 3.94. The number of aromatic nitrogens is 6. The summed E-state index contributed by atoms with van der Waals surface area (Å²) in [5, 5.41) is 22.1. The number of primary amides is 1. The number of hydrogen-bond donors (Lipinski definition) is 4. The summed E-state index contributed by atoms with van der Waals surface area (Å²) in [6, 6.07) is 5.00. The number of hydrogen-bond acceptors (Lipinski definition) is 10. The molecule has 1 saturated heterocycles. The zero-order valence-electron chi connectivity index (χ0n) is 16.9. The molecule has 6 N–H and O–H groups in total. The topological polar surface area (TPSA) is 180 Å². The quantitative estimate of drug-likeness (QED) is 0.296. The van der Waals surface area contributed by atoms with Gasteiger partial charge < -0.3 is 31.0 Å². The number of ether oxygens (including phenoxy) is 1. The van der Waals surface area contributed by atoms with Crippen molar-refractivity contribution in [2.24, 2.45) is 5.73 Å². The zero-order chi connectivity index (χ0) is 22.6. The minimum atomic E-state index is -1.22. The Balaban J connectivity index is 1.48. The van der Waals surface area contributed by atoms with Gasteiger partial charge in [0.25, 0.3) is 0 Å². The van der Waals surface area contributed by atoms with Gasteiger partial charge in [0.1, 0.15) is 30.2 Å². The molecule has 1 aliphatic rings. The molecule has 0 spiro atoms. The van der Waals surface area contributed by atoms with Gasteiger partial charge in [-0.2, -0.15) is 0 Å². The maximum Gasteiger partial charge on any atom is 0.248 e. The number of nitrogens with zero attached hydrogens (tertiary/aromatic N) is 6. The Labute approximate surface area is 185 Å². The number of nitrogen functional groups attached to an aromatic ring is 1. The van der Waals surface area contributed by atoms with Crippen molar-refractivity contribution < 1.29 is 19.7 Å². The van der Waals surface area contributed by atoms with Gasteiger partial charge in [-0.1, -0.05) is 11.8 Å². The molecule has 0 saturated carbocycles. The summed E-state index contributed by atoms with van der Waals surface area (Å²) in [7, 11) is 0. The first-order valence-electron chi connectivity index (χ1n) is 9.67. The second-order valence-electron chi connectivity index (χ2n) is 7.41. The van der Waals surface area contributed by atoms with Gasteiger partial charge in [0.2, 0.25) is 5.91 Å². The van der Waals surface area contributed by atoms with Crippen LogP contribution < -0.4 is 11.5 Å². The molecule has 2 unspecified atom stereocenters. The zero-order valence-corrected chi connectivity index (χ0v) is 17.7. The molecule has 0 aliphatic carbocycles. The fourth-order valence-corrected chi connectivity index (χ4v) is 4.52. The van der Waals surface area contributed by atoms with Crippen molar-refractivity contribution in [2.45, 2.75) is 36.2 Å². The third-order valence-electron chi connectivity index (χ3n) is 5.54. The number of nitrogens with two attached hydrogens (primary N) is 2. The summed E-state index contributed by atoms with van der Waals surface area (Å²) in [6.45, 7) is 0.223. The van der Waals surface area contributed by atoms with Gasteiger partial charge in [-0.05, 0) is 24.5 Å². The van der Waals surface area contributed by atoms with Crippen molar-refractivity contribution in [2.75, 3.05) is 12.0 Å². The average Bonchev–Trinajstić information content (AvgIpc) is 3.44. The molecule has 0 bridgehead atoms. The molecule has 0 radical (unpaired) electrons. The molecule has 12 nitrogen and oxygen atoms in total. The van der Waals surface area contributed by atoms with Gasteiger partial charge >= 0.3 is 0 Å². The van der Waals surface area contributed by atoms with Crippen LogP contribution in [0.4, 0.5) is 5.82 Å². The molecule has 1 amide bonds. The van der Waals surface area contributed by atoms with Crippen molar-refractivity contribution in [1.82, 2.24) is 29.1 Å². The number of aliphatic hydroxyl groups excluding tert-OH is 2. The highest BCUT2D eigenvalue weighted by Gasteiger charge is 2.44. The molecule has 32 heavy (non-hydrogen) atoms. The number of amides is 1. The van der Waals surface area contributed by atoms with Gasteiger partial charge in [-0.25, -0.2) is 19.9 Å². The van der Waals surface area contributed by atoms with Gasteiger partial charge in [0, 0.05) is 5.56 Å². The average molecular weight is 456 g/mol. The second-order valence-corrected chi connectivity index (χ2v) is 8.18. The smallest absolute Gasteiger partial charge is 0.248 e. The van der Waals surface area contributed by atoms with Crippen LogP contribution in [0.15, 0.2) is 36.0 Å². The standard InChI is InChI=1S/C19H20N8O4S/c1-32-19-25-9-4-8(16(21)30)2-3-10(9)26(19)5-11-13(28)14(29)18(31-11)27-7-24-12-15(20)22-6-23-17(12)27/h2-4,6-7,11,13-14,18,28-29H,5H2,1H3,(H2,21,30)(H2,20,22,23)/t11?,13-,14-,18?/m1/s1. The van der Waals surface area contributed by atoms with Crippen molar-refractivity contribution in [3.8, 4) is 0 Å². The minimum Gasteiger partial charge on any atom is -0.387 e. The van der Waals surface area contributed by atoms with Crippen LogP contribution in [0.1, 0.15) is 16.6 Å². The largest absolute Gasteiger partial charge is 0.387 e. The predicted molar refractivity (Wildman–Crippen MR) is 116 cm³/mol. The van der Waals surface area contributed by atoms with E-state index in [1.807, 2.05) is 10.8 Å². The SMILES string of the molecule is CSc1nc2cc(C(N)=O)ccc2n1CC1OC(n2cnc3c(N)ncnc32)[C@H](O)[C@@H]1O. The molecule has 5 rings (SSSR count). The maximum absolute atomic E-state index is 11.5. The molecule has 13 heteroatoms. The van der Waals surface area contributed by atoms with Gasteiger partial charge in [-0.15, -0.1) is 0 Å². The van der Waals surface area contributed by atoms with E-state index in [9.17, 15) is 15.0 Å². The highest BCUT2D eigenvalue weighted by molar-refractivity contribution is 7.98. The van der Waals surface area contributed by atoms with Gasteiger partial charge in [0.05, 0.1) is 23.9 Å². The first-order valence-corrected chi connectivity index (χ1v) is 10.9. The number of rotatable bonds is 5. The molecule has 1 aromatic carbocycles. The molecule has 166 valence electrons. The Morgan fingerprint density at radius 1 is 1.25 bits per heavy atom. The Morgan fingerprint density at radius 2 is 2.06 bits per heavy atom. The highest BCUT2D eigenvalue weighted by atomic mass is 32.2. The van der Waals surface area contributed by atoms with Crippen molar-refractivity contribution in [1.29, 1.82) is 0 Å². The lowest BCUT2D eigenvalue weighted by Crippen LogP contribution is -2.33. The highest BCUT2D eigenvalue weighted by Crippen LogP contribution is 2.34. The molecular weight excluding hydrogens is 436 g/mol. The second kappa shape index (κ2) is 7.70. The van der Waals surface area contributed by atoms with E-state index in [2.05, 4.69) is 19.9 Å². The molecule has 1 fully saturated rings. The number of benzene rings is 1. The van der Waals surface area contributed by atoms with E-state index in [4.69, 9.17) is 16.2 Å². The van der Waals surface area contributed by atoms with E-state index in [1.54, 1.807) is 18.2 Å². The van der Waals surface area contributed by atoms with E-state index >= 15 is 0 Å². The molecule has 1 aliphatic heterocycles. The first-order chi connectivity index (χ1) is 15.4. The summed E-state index contributed by atoms with van der Waals surface area (Å²) >= 11 is 1.41. The summed E-state index contributed by atoms with van der Waals surface area (Å²) < 4.78 is 9.46. The number of imidazole rings is 2. The van der Waals surface area contributed by atoms with Gasteiger partial charge in [-0.3, -0.25) is 9.36 Å². The van der Waals surface area contributed by atoms with Crippen molar-refractivity contribution >= 4 is 45.7 Å². The predicted octanol–water partition coefficient (Wildman–Crippen LogP) is -0.102. The fraction of sp³-hybridized carbons (Fsp3) is 0.316. The Hall–Kier alpha value is -3.26. The van der Waals surface area contributed by atoms with E-state index in [0.717, 1.165) is 5.52 Å². The number of anilines is 1. The van der Waals surface area contributed by atoms with Crippen LogP contribution in [-0.2, 0) is 11.3 Å². The lowest BCUT2D eigenvalue weighted by molar-refractivity contribution is -0.0396. The van der Waals surface area contributed by atoms with Crippen LogP contribution in [0.25, 0.3) is 22.2 Å². The van der Waals surface area contributed by atoms with Crippen molar-refractivity contribution in [3.63, 3.8) is 0 Å². The van der Waals surface area contributed by atoms with E-state index in [1.165, 1.54) is 29.0 Å². The van der Waals surface area contributed by atoms with Crippen LogP contribution >= 0.6 is 11.8 Å². The molecular formula is C19H20N8O4S. The lowest BCUT2D eigenvalue weighted by atomic mass is 10.1. The lowest BCUT2D eigenvalue weighted by Gasteiger charge is -2.17. The maximum atomic E-state index is 11.5. The van der Waals surface area contributed by atoms with Crippen LogP contribution in [0, 0.1) is 0 Å². The van der Waals surface area contributed by atoms with Crippen molar-refractivity contribution in [3.05, 3.63) is 36.4 Å².